The van der Waals surface area contributed by atoms with Crippen molar-refractivity contribution in [2.24, 2.45) is 5.84 Å². The standard InChI is InChI=1S/C15H16BrClN2/c1-10-6-7-12(14(17)8-10)15(19-18)9-11-4-2-3-5-13(11)16/h2-8,15,19H,9,18H2,1H3. The van der Waals surface area contributed by atoms with Gasteiger partial charge in [0.25, 0.3) is 0 Å². The second-order valence-electron chi connectivity index (χ2n) is 4.54. The number of hydrogen-bond donors (Lipinski definition) is 2. The van der Waals surface area contributed by atoms with Crippen molar-refractivity contribution in [1.29, 1.82) is 0 Å². The molecule has 0 amide bonds. The van der Waals surface area contributed by atoms with Crippen LogP contribution in [0.15, 0.2) is 46.9 Å². The van der Waals surface area contributed by atoms with Crippen LogP contribution in [-0.2, 0) is 6.42 Å². The van der Waals surface area contributed by atoms with E-state index in [2.05, 4.69) is 27.4 Å². The molecule has 19 heavy (non-hydrogen) atoms. The number of hydrogen-bond acceptors (Lipinski definition) is 2. The number of aryl methyl sites for hydroxylation is 1. The second-order valence-corrected chi connectivity index (χ2v) is 5.80. The van der Waals surface area contributed by atoms with E-state index in [1.54, 1.807) is 0 Å². The first-order valence-corrected chi connectivity index (χ1v) is 7.24. The quantitative estimate of drug-likeness (QED) is 0.648. The van der Waals surface area contributed by atoms with Crippen molar-refractivity contribution in [2.75, 3.05) is 0 Å². The van der Waals surface area contributed by atoms with Crippen LogP contribution >= 0.6 is 27.5 Å². The van der Waals surface area contributed by atoms with Crippen LogP contribution in [0.5, 0.6) is 0 Å². The lowest BCUT2D eigenvalue weighted by molar-refractivity contribution is 0.551. The van der Waals surface area contributed by atoms with E-state index < -0.39 is 0 Å². The minimum Gasteiger partial charge on any atom is -0.271 e. The Morgan fingerprint density at radius 1 is 1.26 bits per heavy atom. The topological polar surface area (TPSA) is 38.0 Å². The molecule has 0 saturated carbocycles. The summed E-state index contributed by atoms with van der Waals surface area (Å²) in [5, 5.41) is 0.745. The second kappa shape index (κ2) is 6.53. The lowest BCUT2D eigenvalue weighted by Gasteiger charge is -2.19. The van der Waals surface area contributed by atoms with Crippen LogP contribution in [0.25, 0.3) is 0 Å². The summed E-state index contributed by atoms with van der Waals surface area (Å²) in [7, 11) is 0. The van der Waals surface area contributed by atoms with Crippen LogP contribution < -0.4 is 11.3 Å². The highest BCUT2D eigenvalue weighted by Crippen LogP contribution is 2.28. The lowest BCUT2D eigenvalue weighted by Crippen LogP contribution is -2.29. The van der Waals surface area contributed by atoms with E-state index in [1.807, 2.05) is 43.3 Å². The first kappa shape index (κ1) is 14.5. The maximum absolute atomic E-state index is 6.30. The van der Waals surface area contributed by atoms with Gasteiger partial charge >= 0.3 is 0 Å². The summed E-state index contributed by atoms with van der Waals surface area (Å²) < 4.78 is 1.08. The molecule has 0 fully saturated rings. The number of hydrazine groups is 1. The molecule has 3 N–H and O–H groups in total. The lowest BCUT2D eigenvalue weighted by atomic mass is 9.98. The predicted molar refractivity (Wildman–Crippen MR) is 84.1 cm³/mol. The van der Waals surface area contributed by atoms with Crippen LogP contribution in [-0.4, -0.2) is 0 Å². The summed E-state index contributed by atoms with van der Waals surface area (Å²) in [6.07, 6.45) is 0.778. The first-order chi connectivity index (χ1) is 9.11. The van der Waals surface area contributed by atoms with Gasteiger partial charge in [0.1, 0.15) is 0 Å². The van der Waals surface area contributed by atoms with Gasteiger partial charge in [0.2, 0.25) is 0 Å². The van der Waals surface area contributed by atoms with Crippen LogP contribution in [0.3, 0.4) is 0 Å². The van der Waals surface area contributed by atoms with E-state index in [-0.39, 0.29) is 6.04 Å². The molecule has 0 aliphatic rings. The zero-order valence-electron chi connectivity index (χ0n) is 10.7. The Bertz CT molecular complexity index is 572. The molecule has 0 saturated heterocycles. The summed E-state index contributed by atoms with van der Waals surface area (Å²) >= 11 is 9.86. The molecule has 2 aromatic carbocycles. The minimum absolute atomic E-state index is 0.00759. The highest BCUT2D eigenvalue weighted by molar-refractivity contribution is 9.10. The van der Waals surface area contributed by atoms with E-state index in [1.165, 1.54) is 5.56 Å². The van der Waals surface area contributed by atoms with Gasteiger partial charge in [0.15, 0.2) is 0 Å². The molecule has 0 radical (unpaired) electrons. The fraction of sp³-hybridized carbons (Fsp3) is 0.200. The Kier molecular flexibility index (Phi) is 4.99. The Morgan fingerprint density at radius 3 is 2.63 bits per heavy atom. The fourth-order valence-corrected chi connectivity index (χ4v) is 2.87. The normalized spacial score (nSPS) is 12.4. The van der Waals surface area contributed by atoms with Gasteiger partial charge in [-0.1, -0.05) is 57.9 Å². The zero-order chi connectivity index (χ0) is 13.8. The van der Waals surface area contributed by atoms with Crippen molar-refractivity contribution < 1.29 is 0 Å². The molecule has 0 heterocycles. The zero-order valence-corrected chi connectivity index (χ0v) is 13.0. The number of rotatable bonds is 4. The van der Waals surface area contributed by atoms with Gasteiger partial charge in [-0.05, 0) is 42.2 Å². The molecule has 0 aliphatic carbocycles. The van der Waals surface area contributed by atoms with Gasteiger partial charge in [0.05, 0.1) is 6.04 Å². The smallest absolute Gasteiger partial charge is 0.0515 e. The number of nitrogens with two attached hydrogens (primary N) is 1. The minimum atomic E-state index is -0.00759. The van der Waals surface area contributed by atoms with E-state index in [9.17, 15) is 0 Å². The van der Waals surface area contributed by atoms with Gasteiger partial charge in [-0.3, -0.25) is 11.3 Å². The Hall–Kier alpha value is -0.870. The van der Waals surface area contributed by atoms with Gasteiger partial charge < -0.3 is 0 Å². The fourth-order valence-electron chi connectivity index (χ4n) is 2.06. The molecule has 1 atom stereocenters. The number of nitrogens with one attached hydrogen (secondary N) is 1. The summed E-state index contributed by atoms with van der Waals surface area (Å²) in [6, 6.07) is 14.1. The SMILES string of the molecule is Cc1ccc(C(Cc2ccccc2Br)NN)c(Cl)c1. The van der Waals surface area contributed by atoms with Crippen molar-refractivity contribution in [3.8, 4) is 0 Å². The Labute approximate surface area is 127 Å². The highest BCUT2D eigenvalue weighted by Gasteiger charge is 2.15. The van der Waals surface area contributed by atoms with Crippen molar-refractivity contribution in [2.45, 2.75) is 19.4 Å². The molecule has 1 unspecified atom stereocenters. The molecule has 2 nitrogen and oxygen atoms in total. The largest absolute Gasteiger partial charge is 0.271 e. The Morgan fingerprint density at radius 2 is 2.00 bits per heavy atom. The third kappa shape index (κ3) is 3.57. The summed E-state index contributed by atoms with van der Waals surface area (Å²) in [5.41, 5.74) is 6.21. The van der Waals surface area contributed by atoms with Gasteiger partial charge in [-0.25, -0.2) is 0 Å². The molecular formula is C15H16BrClN2. The van der Waals surface area contributed by atoms with Crippen molar-refractivity contribution >= 4 is 27.5 Å². The van der Waals surface area contributed by atoms with Crippen LogP contribution in [0.4, 0.5) is 0 Å². The molecule has 2 aromatic rings. The third-order valence-corrected chi connectivity index (χ3v) is 4.22. The van der Waals surface area contributed by atoms with E-state index in [4.69, 9.17) is 17.4 Å². The summed E-state index contributed by atoms with van der Waals surface area (Å²) in [6.45, 7) is 2.02. The predicted octanol–water partition coefficient (Wildman–Crippen LogP) is 4.16. The van der Waals surface area contributed by atoms with Crippen molar-refractivity contribution in [1.82, 2.24) is 5.43 Å². The summed E-state index contributed by atoms with van der Waals surface area (Å²) in [5.74, 6) is 5.69. The number of benzene rings is 2. The van der Waals surface area contributed by atoms with Crippen LogP contribution in [0, 0.1) is 6.92 Å². The molecule has 0 aromatic heterocycles. The van der Waals surface area contributed by atoms with Crippen LogP contribution in [0.2, 0.25) is 5.02 Å². The van der Waals surface area contributed by atoms with E-state index >= 15 is 0 Å². The average Bonchev–Trinajstić information content (AvgIpc) is 2.39. The number of halogens is 2. The van der Waals surface area contributed by atoms with E-state index in [0.29, 0.717) is 0 Å². The molecular weight excluding hydrogens is 324 g/mol. The van der Waals surface area contributed by atoms with Gasteiger partial charge in [-0.15, -0.1) is 0 Å². The molecule has 0 spiro atoms. The maximum atomic E-state index is 6.30. The molecule has 100 valence electrons. The van der Waals surface area contributed by atoms with Crippen molar-refractivity contribution in [3.05, 3.63) is 68.7 Å². The summed E-state index contributed by atoms with van der Waals surface area (Å²) in [4.78, 5) is 0. The first-order valence-electron chi connectivity index (χ1n) is 6.07. The van der Waals surface area contributed by atoms with E-state index in [0.717, 1.165) is 27.0 Å². The van der Waals surface area contributed by atoms with Crippen molar-refractivity contribution in [3.63, 3.8) is 0 Å². The monoisotopic (exact) mass is 338 g/mol. The third-order valence-electron chi connectivity index (χ3n) is 3.11. The average molecular weight is 340 g/mol. The molecule has 2 rings (SSSR count). The van der Waals surface area contributed by atoms with Gasteiger partial charge in [0, 0.05) is 9.50 Å². The van der Waals surface area contributed by atoms with Crippen LogP contribution in [0.1, 0.15) is 22.7 Å². The highest BCUT2D eigenvalue weighted by atomic mass is 79.9. The molecule has 0 aliphatic heterocycles. The molecule has 0 bridgehead atoms. The molecule has 4 heteroatoms. The maximum Gasteiger partial charge on any atom is 0.0515 e. The Balaban J connectivity index is 2.28. The van der Waals surface area contributed by atoms with Gasteiger partial charge in [-0.2, -0.15) is 0 Å².